The van der Waals surface area contributed by atoms with Crippen molar-refractivity contribution in [2.75, 3.05) is 12.4 Å². The number of methoxy groups -OCH3 is 1. The summed E-state index contributed by atoms with van der Waals surface area (Å²) >= 11 is 10.1. The monoisotopic (exact) mass is 509 g/mol. The second-order valence-electron chi connectivity index (χ2n) is 8.47. The van der Waals surface area contributed by atoms with E-state index in [0.29, 0.717) is 18.4 Å². The molecule has 3 atom stereocenters. The van der Waals surface area contributed by atoms with Crippen LogP contribution in [0.3, 0.4) is 0 Å². The maximum absolute atomic E-state index is 6.39. The van der Waals surface area contributed by atoms with Crippen LogP contribution in [0.25, 0.3) is 0 Å². The van der Waals surface area contributed by atoms with Crippen molar-refractivity contribution in [3.63, 3.8) is 0 Å². The lowest BCUT2D eigenvalue weighted by Crippen LogP contribution is -2.29. The number of hydrogen-bond acceptors (Lipinski definition) is 3. The third kappa shape index (κ3) is 3.91. The fourth-order valence-electron chi connectivity index (χ4n) is 4.96. The van der Waals surface area contributed by atoms with E-state index >= 15 is 0 Å². The Bertz CT molecular complexity index is 1180. The lowest BCUT2D eigenvalue weighted by Gasteiger charge is -2.38. The summed E-state index contributed by atoms with van der Waals surface area (Å²) in [7, 11) is 1.69. The molecule has 0 aromatic heterocycles. The van der Waals surface area contributed by atoms with Crippen molar-refractivity contribution in [1.29, 1.82) is 0 Å². The van der Waals surface area contributed by atoms with E-state index in [4.69, 9.17) is 21.1 Å². The molecule has 0 bridgehead atoms. The highest BCUT2D eigenvalue weighted by Crippen LogP contribution is 2.52. The molecule has 0 saturated carbocycles. The van der Waals surface area contributed by atoms with E-state index in [1.54, 1.807) is 7.11 Å². The van der Waals surface area contributed by atoms with Crippen LogP contribution in [0.2, 0.25) is 5.02 Å². The number of rotatable bonds is 5. The van der Waals surface area contributed by atoms with Crippen LogP contribution in [-0.4, -0.2) is 7.11 Å². The third-order valence-electron chi connectivity index (χ3n) is 6.47. The molecule has 3 aromatic rings. The van der Waals surface area contributed by atoms with Crippen molar-refractivity contribution >= 4 is 33.2 Å². The van der Waals surface area contributed by atoms with E-state index in [1.165, 1.54) is 22.4 Å². The summed E-state index contributed by atoms with van der Waals surface area (Å²) in [4.78, 5) is 0. The van der Waals surface area contributed by atoms with Gasteiger partial charge in [-0.1, -0.05) is 54.1 Å². The smallest absolute Gasteiger partial charge is 0.175 e. The molecule has 3 aromatic carbocycles. The van der Waals surface area contributed by atoms with Crippen LogP contribution in [0.1, 0.15) is 40.6 Å². The minimum Gasteiger partial charge on any atom is -0.493 e. The fourth-order valence-corrected chi connectivity index (χ4v) is 5.82. The van der Waals surface area contributed by atoms with E-state index in [-0.39, 0.29) is 6.04 Å². The average Bonchev–Trinajstić information content (AvgIpc) is 3.28. The van der Waals surface area contributed by atoms with Crippen molar-refractivity contribution in [3.8, 4) is 11.5 Å². The number of anilines is 1. The van der Waals surface area contributed by atoms with Crippen molar-refractivity contribution in [2.45, 2.75) is 31.9 Å². The van der Waals surface area contributed by atoms with Gasteiger partial charge in [-0.2, -0.15) is 0 Å². The van der Waals surface area contributed by atoms with E-state index < -0.39 is 0 Å². The Morgan fingerprint density at radius 1 is 1.12 bits per heavy atom. The Labute approximate surface area is 202 Å². The van der Waals surface area contributed by atoms with Gasteiger partial charge in [0, 0.05) is 16.6 Å². The Morgan fingerprint density at radius 3 is 2.72 bits per heavy atom. The molecular weight excluding hydrogens is 486 g/mol. The molecule has 2 aliphatic rings. The first-order valence-corrected chi connectivity index (χ1v) is 12.0. The SMILES string of the molecule is COc1cc([C@@H]2Nc3c(C)cc(Cl)cc3[C@@H]3C=CC[C@@H]32)cc(Br)c1OCc1ccccc1. The second-order valence-corrected chi connectivity index (χ2v) is 9.76. The predicted octanol–water partition coefficient (Wildman–Crippen LogP) is 7.83. The van der Waals surface area contributed by atoms with Crippen LogP contribution < -0.4 is 14.8 Å². The Balaban J connectivity index is 1.49. The van der Waals surface area contributed by atoms with Crippen LogP contribution in [0, 0.1) is 12.8 Å². The standard InChI is InChI=1S/C27H25BrClNO2/c1-16-11-19(29)14-22-20-9-6-10-21(20)26(30-25(16)22)18-12-23(28)27(24(13-18)31-2)32-15-17-7-4-3-5-8-17/h3-9,11-14,20-21,26,30H,10,15H2,1-2H3/t20-,21+,26+/m1/s1. The first-order valence-electron chi connectivity index (χ1n) is 10.8. The van der Waals surface area contributed by atoms with Crippen molar-refractivity contribution < 1.29 is 9.47 Å². The van der Waals surface area contributed by atoms with Crippen LogP contribution >= 0.6 is 27.5 Å². The molecule has 5 rings (SSSR count). The summed E-state index contributed by atoms with van der Waals surface area (Å²) in [5.74, 6) is 2.23. The van der Waals surface area contributed by atoms with E-state index in [0.717, 1.165) is 33.0 Å². The quantitative estimate of drug-likeness (QED) is 0.355. The van der Waals surface area contributed by atoms with Gasteiger partial charge in [0.05, 0.1) is 17.6 Å². The topological polar surface area (TPSA) is 30.5 Å². The number of benzene rings is 3. The third-order valence-corrected chi connectivity index (χ3v) is 7.27. The van der Waals surface area contributed by atoms with Gasteiger partial charge in [-0.05, 0) is 81.7 Å². The molecule has 0 saturated heterocycles. The molecule has 1 aliphatic heterocycles. The Morgan fingerprint density at radius 2 is 1.94 bits per heavy atom. The zero-order valence-corrected chi connectivity index (χ0v) is 20.4. The lowest BCUT2D eigenvalue weighted by atomic mass is 9.76. The van der Waals surface area contributed by atoms with Crippen molar-refractivity contribution in [1.82, 2.24) is 0 Å². The molecule has 32 heavy (non-hydrogen) atoms. The summed E-state index contributed by atoms with van der Waals surface area (Å²) in [6.07, 6.45) is 5.65. The molecule has 1 heterocycles. The van der Waals surface area contributed by atoms with Crippen molar-refractivity contribution in [2.24, 2.45) is 5.92 Å². The summed E-state index contributed by atoms with van der Waals surface area (Å²) in [6.45, 7) is 2.60. The van der Waals surface area contributed by atoms with Gasteiger partial charge < -0.3 is 14.8 Å². The fraction of sp³-hybridized carbons (Fsp3) is 0.259. The first-order chi connectivity index (χ1) is 15.5. The number of halogens is 2. The van der Waals surface area contributed by atoms with Gasteiger partial charge in [0.15, 0.2) is 11.5 Å². The van der Waals surface area contributed by atoms with E-state index in [9.17, 15) is 0 Å². The van der Waals surface area contributed by atoms with Gasteiger partial charge in [0.25, 0.3) is 0 Å². The molecule has 164 valence electrons. The molecule has 3 nitrogen and oxygen atoms in total. The van der Waals surface area contributed by atoms with Gasteiger partial charge >= 0.3 is 0 Å². The molecule has 5 heteroatoms. The van der Waals surface area contributed by atoms with Crippen LogP contribution in [0.15, 0.2) is 71.2 Å². The number of hydrogen-bond donors (Lipinski definition) is 1. The van der Waals surface area contributed by atoms with Crippen LogP contribution in [-0.2, 0) is 6.61 Å². The highest BCUT2D eigenvalue weighted by molar-refractivity contribution is 9.10. The highest BCUT2D eigenvalue weighted by atomic mass is 79.9. The van der Waals surface area contributed by atoms with E-state index in [2.05, 4.69) is 70.7 Å². The van der Waals surface area contributed by atoms with Crippen LogP contribution in [0.4, 0.5) is 5.69 Å². The number of nitrogens with one attached hydrogen (secondary N) is 1. The van der Waals surface area contributed by atoms with Gasteiger partial charge in [-0.25, -0.2) is 0 Å². The number of ether oxygens (including phenoxy) is 2. The Kier molecular flexibility index (Phi) is 5.92. The molecule has 0 radical (unpaired) electrons. The summed E-state index contributed by atoms with van der Waals surface area (Å²) in [5.41, 5.74) is 5.94. The summed E-state index contributed by atoms with van der Waals surface area (Å²) in [6, 6.07) is 18.7. The van der Waals surface area contributed by atoms with E-state index in [1.807, 2.05) is 24.3 Å². The summed E-state index contributed by atoms with van der Waals surface area (Å²) < 4.78 is 12.8. The van der Waals surface area contributed by atoms with Gasteiger partial charge in [-0.3, -0.25) is 0 Å². The zero-order valence-electron chi connectivity index (χ0n) is 18.1. The Hall–Kier alpha value is -2.43. The van der Waals surface area contributed by atoms with Crippen molar-refractivity contribution in [3.05, 3.63) is 98.5 Å². The minimum atomic E-state index is 0.163. The summed E-state index contributed by atoms with van der Waals surface area (Å²) in [5, 5.41) is 4.62. The molecule has 0 fully saturated rings. The largest absolute Gasteiger partial charge is 0.493 e. The molecular formula is C27H25BrClNO2. The lowest BCUT2D eigenvalue weighted by molar-refractivity contribution is 0.282. The van der Waals surface area contributed by atoms with Crippen LogP contribution in [0.5, 0.6) is 11.5 Å². The minimum absolute atomic E-state index is 0.163. The van der Waals surface area contributed by atoms with Gasteiger partial charge in [0.2, 0.25) is 0 Å². The highest BCUT2D eigenvalue weighted by Gasteiger charge is 2.39. The maximum atomic E-state index is 6.39. The normalized spacial score (nSPS) is 20.9. The zero-order chi connectivity index (χ0) is 22.2. The molecule has 0 spiro atoms. The maximum Gasteiger partial charge on any atom is 0.175 e. The van der Waals surface area contributed by atoms with Gasteiger partial charge in [-0.15, -0.1) is 0 Å². The molecule has 1 aliphatic carbocycles. The van der Waals surface area contributed by atoms with Gasteiger partial charge in [0.1, 0.15) is 6.61 Å². The predicted molar refractivity (Wildman–Crippen MR) is 134 cm³/mol. The number of aryl methyl sites for hydroxylation is 1. The molecule has 0 amide bonds. The molecule has 1 N–H and O–H groups in total. The first kappa shape index (κ1) is 21.4. The number of fused-ring (bicyclic) bond motifs is 3. The average molecular weight is 511 g/mol. The second kappa shape index (κ2) is 8.84. The number of allylic oxidation sites excluding steroid dienone is 2. The molecule has 0 unspecified atom stereocenters.